The van der Waals surface area contributed by atoms with Crippen LogP contribution >= 0.6 is 11.8 Å². The molecule has 0 aromatic rings. The first-order valence-corrected chi connectivity index (χ1v) is 5.75. The van der Waals surface area contributed by atoms with Gasteiger partial charge in [0.1, 0.15) is 0 Å². The molecule has 5 heteroatoms. The number of carbonyl (C=O) groups excluding carboxylic acids is 1. The van der Waals surface area contributed by atoms with Gasteiger partial charge in [0.15, 0.2) is 5.67 Å². The minimum Gasteiger partial charge on any atom is -0.395 e. The Bertz CT molecular complexity index is 190. The molecule has 2 atom stereocenters. The SMILES string of the molecule is CSC(CO)C(C)NC(=O)C(C)(C)F. The quantitative estimate of drug-likeness (QED) is 0.730. The summed E-state index contributed by atoms with van der Waals surface area (Å²) in [6.07, 6.45) is 1.84. The van der Waals surface area contributed by atoms with Crippen LogP contribution in [0.3, 0.4) is 0 Å². The molecule has 0 rings (SSSR count). The Kier molecular flexibility index (Phi) is 5.44. The van der Waals surface area contributed by atoms with Gasteiger partial charge in [0.25, 0.3) is 5.91 Å². The molecule has 0 saturated heterocycles. The van der Waals surface area contributed by atoms with Crippen LogP contribution in [0.2, 0.25) is 0 Å². The minimum atomic E-state index is -1.87. The number of amides is 1. The second-order valence-electron chi connectivity index (χ2n) is 3.69. The van der Waals surface area contributed by atoms with Gasteiger partial charge in [0, 0.05) is 11.3 Å². The van der Waals surface area contributed by atoms with E-state index in [9.17, 15) is 9.18 Å². The van der Waals surface area contributed by atoms with Gasteiger partial charge in [-0.3, -0.25) is 4.79 Å². The molecule has 0 radical (unpaired) electrons. The second-order valence-corrected chi connectivity index (χ2v) is 4.77. The topological polar surface area (TPSA) is 49.3 Å². The highest BCUT2D eigenvalue weighted by Gasteiger charge is 2.29. The van der Waals surface area contributed by atoms with Crippen LogP contribution in [-0.4, -0.2) is 40.8 Å². The third-order valence-corrected chi connectivity index (χ3v) is 3.10. The Hall–Kier alpha value is -0.290. The van der Waals surface area contributed by atoms with Gasteiger partial charge >= 0.3 is 0 Å². The zero-order valence-electron chi connectivity index (χ0n) is 9.00. The molecule has 1 amide bonds. The molecule has 0 bridgehead atoms. The number of alkyl halides is 1. The first-order chi connectivity index (χ1) is 6.32. The lowest BCUT2D eigenvalue weighted by atomic mass is 10.1. The zero-order valence-corrected chi connectivity index (χ0v) is 9.82. The number of aliphatic hydroxyl groups is 1. The van der Waals surface area contributed by atoms with Gasteiger partial charge in [-0.2, -0.15) is 11.8 Å². The molecule has 0 spiro atoms. The van der Waals surface area contributed by atoms with E-state index in [1.54, 1.807) is 6.92 Å². The number of rotatable bonds is 5. The van der Waals surface area contributed by atoms with Gasteiger partial charge in [-0.25, -0.2) is 4.39 Å². The number of aliphatic hydroxyl groups excluding tert-OH is 1. The van der Waals surface area contributed by atoms with Gasteiger partial charge < -0.3 is 10.4 Å². The molecule has 14 heavy (non-hydrogen) atoms. The summed E-state index contributed by atoms with van der Waals surface area (Å²) >= 11 is 1.44. The molecule has 2 N–H and O–H groups in total. The Morgan fingerprint density at radius 2 is 2.14 bits per heavy atom. The average Bonchev–Trinajstić information content (AvgIpc) is 2.04. The fourth-order valence-electron chi connectivity index (χ4n) is 0.908. The summed E-state index contributed by atoms with van der Waals surface area (Å²) in [6.45, 7) is 4.14. The maximum Gasteiger partial charge on any atom is 0.257 e. The minimum absolute atomic E-state index is 0.0324. The predicted molar refractivity (Wildman–Crippen MR) is 57.2 cm³/mol. The Labute approximate surface area is 88.5 Å². The van der Waals surface area contributed by atoms with Crippen molar-refractivity contribution in [2.45, 2.75) is 37.7 Å². The first-order valence-electron chi connectivity index (χ1n) is 4.46. The third kappa shape index (κ3) is 4.28. The lowest BCUT2D eigenvalue weighted by Gasteiger charge is -2.24. The highest BCUT2D eigenvalue weighted by atomic mass is 32.2. The largest absolute Gasteiger partial charge is 0.395 e. The van der Waals surface area contributed by atoms with Gasteiger partial charge in [-0.15, -0.1) is 0 Å². The van der Waals surface area contributed by atoms with Crippen LogP contribution in [0, 0.1) is 0 Å². The van der Waals surface area contributed by atoms with Crippen molar-refractivity contribution in [3.05, 3.63) is 0 Å². The lowest BCUT2D eigenvalue weighted by molar-refractivity contribution is -0.131. The Morgan fingerprint density at radius 1 is 1.64 bits per heavy atom. The van der Waals surface area contributed by atoms with Crippen LogP contribution in [-0.2, 0) is 4.79 Å². The molecule has 0 heterocycles. The number of hydrogen-bond acceptors (Lipinski definition) is 3. The standard InChI is InChI=1S/C9H18FNO2S/c1-6(7(5-12)14-4)11-8(13)9(2,3)10/h6-7,12H,5H2,1-4H3,(H,11,13). The van der Waals surface area contributed by atoms with Crippen molar-refractivity contribution >= 4 is 17.7 Å². The second kappa shape index (κ2) is 5.56. The molecule has 84 valence electrons. The third-order valence-electron chi connectivity index (χ3n) is 1.94. The summed E-state index contributed by atoms with van der Waals surface area (Å²) in [5.74, 6) is -0.641. The van der Waals surface area contributed by atoms with E-state index in [1.165, 1.54) is 25.6 Å². The van der Waals surface area contributed by atoms with E-state index >= 15 is 0 Å². The molecule has 0 aliphatic carbocycles. The maximum atomic E-state index is 13.1. The van der Waals surface area contributed by atoms with E-state index in [0.717, 1.165) is 0 Å². The molecule has 0 aliphatic heterocycles. The van der Waals surface area contributed by atoms with Crippen LogP contribution in [0.1, 0.15) is 20.8 Å². The first kappa shape index (κ1) is 13.7. The van der Waals surface area contributed by atoms with E-state index < -0.39 is 11.6 Å². The van der Waals surface area contributed by atoms with Crippen LogP contribution in [0.5, 0.6) is 0 Å². The van der Waals surface area contributed by atoms with Crippen molar-refractivity contribution in [3.63, 3.8) is 0 Å². The van der Waals surface area contributed by atoms with Crippen molar-refractivity contribution < 1.29 is 14.3 Å². The number of halogens is 1. The molecule has 2 unspecified atom stereocenters. The summed E-state index contributed by atoms with van der Waals surface area (Å²) in [7, 11) is 0. The monoisotopic (exact) mass is 223 g/mol. The maximum absolute atomic E-state index is 13.1. The lowest BCUT2D eigenvalue weighted by Crippen LogP contribution is -2.47. The molecule has 0 aromatic heterocycles. The van der Waals surface area contributed by atoms with Gasteiger partial charge in [0.05, 0.1) is 6.61 Å². The molecule has 0 aliphatic rings. The molecule has 0 saturated carbocycles. The van der Waals surface area contributed by atoms with E-state index in [1.807, 2.05) is 6.26 Å². The van der Waals surface area contributed by atoms with Crippen molar-refractivity contribution in [2.75, 3.05) is 12.9 Å². The van der Waals surface area contributed by atoms with Crippen molar-refractivity contribution in [1.82, 2.24) is 5.32 Å². The summed E-state index contributed by atoms with van der Waals surface area (Å²) in [5, 5.41) is 11.4. The van der Waals surface area contributed by atoms with Crippen molar-refractivity contribution in [2.24, 2.45) is 0 Å². The fraction of sp³-hybridized carbons (Fsp3) is 0.889. The summed E-state index contributed by atoms with van der Waals surface area (Å²) in [5.41, 5.74) is -1.87. The van der Waals surface area contributed by atoms with E-state index in [-0.39, 0.29) is 17.9 Å². The number of thioether (sulfide) groups is 1. The summed E-state index contributed by atoms with van der Waals surface area (Å²) in [4.78, 5) is 11.2. The van der Waals surface area contributed by atoms with Gasteiger partial charge in [-0.05, 0) is 27.0 Å². The van der Waals surface area contributed by atoms with Crippen LogP contribution in [0.25, 0.3) is 0 Å². The Morgan fingerprint density at radius 3 is 2.43 bits per heavy atom. The van der Waals surface area contributed by atoms with E-state index in [0.29, 0.717) is 0 Å². The Balaban J connectivity index is 4.18. The van der Waals surface area contributed by atoms with E-state index in [4.69, 9.17) is 5.11 Å². The zero-order chi connectivity index (χ0) is 11.4. The summed E-state index contributed by atoms with van der Waals surface area (Å²) < 4.78 is 13.1. The smallest absolute Gasteiger partial charge is 0.257 e. The molecule has 3 nitrogen and oxygen atoms in total. The predicted octanol–water partition coefficient (Wildman–Crippen LogP) is 0.963. The number of hydrogen-bond donors (Lipinski definition) is 2. The molecule has 0 aromatic carbocycles. The number of carbonyl (C=O) groups is 1. The normalized spacial score (nSPS) is 16.1. The van der Waals surface area contributed by atoms with Gasteiger partial charge in [-0.1, -0.05) is 0 Å². The summed E-state index contributed by atoms with van der Waals surface area (Å²) in [6, 6.07) is -0.238. The molecular formula is C9H18FNO2S. The van der Waals surface area contributed by atoms with Gasteiger partial charge in [0.2, 0.25) is 0 Å². The van der Waals surface area contributed by atoms with Crippen LogP contribution < -0.4 is 5.32 Å². The van der Waals surface area contributed by atoms with Crippen LogP contribution in [0.15, 0.2) is 0 Å². The van der Waals surface area contributed by atoms with E-state index in [2.05, 4.69) is 5.32 Å². The number of nitrogens with one attached hydrogen (secondary N) is 1. The average molecular weight is 223 g/mol. The molecule has 0 fully saturated rings. The van der Waals surface area contributed by atoms with Crippen molar-refractivity contribution in [1.29, 1.82) is 0 Å². The van der Waals surface area contributed by atoms with Crippen LogP contribution in [0.4, 0.5) is 4.39 Å². The highest BCUT2D eigenvalue weighted by Crippen LogP contribution is 2.13. The molecular weight excluding hydrogens is 205 g/mol. The fourth-order valence-corrected chi connectivity index (χ4v) is 1.53. The van der Waals surface area contributed by atoms with Crippen molar-refractivity contribution in [3.8, 4) is 0 Å². The highest BCUT2D eigenvalue weighted by molar-refractivity contribution is 7.99.